The van der Waals surface area contributed by atoms with Crippen LogP contribution in [0, 0.1) is 0 Å². The Hall–Kier alpha value is -1.13. The van der Waals surface area contributed by atoms with Crippen LogP contribution < -0.4 is 0 Å². The van der Waals surface area contributed by atoms with E-state index in [0.29, 0.717) is 0 Å². The van der Waals surface area contributed by atoms with Crippen molar-refractivity contribution >= 4 is 0 Å². The molecular weight excluding hydrogens is 180 g/mol. The fraction of sp³-hybridized carbons (Fsp3) is 0.500. The molecule has 1 aromatic heterocycles. The Morgan fingerprint density at radius 2 is 1.93 bits per heavy atom. The minimum atomic E-state index is 0.0718. The number of aliphatic hydroxyl groups excluding tert-OH is 1. The molecule has 0 aliphatic carbocycles. The van der Waals surface area contributed by atoms with Crippen molar-refractivity contribution in [3.63, 3.8) is 0 Å². The van der Waals surface area contributed by atoms with Crippen molar-refractivity contribution in [1.82, 2.24) is 4.98 Å². The SMILES string of the molecule is C[N+](C)(C)CCO.Oc1ccccn1. The Kier molecular flexibility index (Phi) is 5.83. The molecule has 2 N–H and O–H groups in total. The van der Waals surface area contributed by atoms with Gasteiger partial charge >= 0.3 is 0 Å². The van der Waals surface area contributed by atoms with E-state index in [9.17, 15) is 0 Å². The molecule has 1 aromatic rings. The zero-order chi connectivity index (χ0) is 11.0. The van der Waals surface area contributed by atoms with Crippen LogP contribution in [0.4, 0.5) is 0 Å². The predicted octanol–water partition coefficient (Wildman–Crippen LogP) is 0.472. The van der Waals surface area contributed by atoms with Crippen molar-refractivity contribution in [2.75, 3.05) is 34.3 Å². The number of quaternary nitrogens is 1. The third kappa shape index (κ3) is 8.96. The lowest BCUT2D eigenvalue weighted by Crippen LogP contribution is -2.36. The van der Waals surface area contributed by atoms with Gasteiger partial charge in [-0.2, -0.15) is 0 Å². The first-order valence-electron chi connectivity index (χ1n) is 4.47. The highest BCUT2D eigenvalue weighted by atomic mass is 16.3. The van der Waals surface area contributed by atoms with Crippen LogP contribution >= 0.6 is 0 Å². The summed E-state index contributed by atoms with van der Waals surface area (Å²) in [5, 5.41) is 16.9. The Morgan fingerprint density at radius 3 is 2.07 bits per heavy atom. The summed E-state index contributed by atoms with van der Waals surface area (Å²) in [5.74, 6) is 0.0718. The maximum absolute atomic E-state index is 8.52. The van der Waals surface area contributed by atoms with E-state index >= 15 is 0 Å². The van der Waals surface area contributed by atoms with Gasteiger partial charge in [-0.15, -0.1) is 0 Å². The molecule has 14 heavy (non-hydrogen) atoms. The van der Waals surface area contributed by atoms with Gasteiger partial charge in [-0.3, -0.25) is 0 Å². The van der Waals surface area contributed by atoms with Crippen molar-refractivity contribution in [2.45, 2.75) is 0 Å². The van der Waals surface area contributed by atoms with Gasteiger partial charge in [0.2, 0.25) is 5.88 Å². The van der Waals surface area contributed by atoms with E-state index in [1.54, 1.807) is 12.1 Å². The van der Waals surface area contributed by atoms with Crippen molar-refractivity contribution in [1.29, 1.82) is 0 Å². The molecule has 4 nitrogen and oxygen atoms in total. The minimum Gasteiger partial charge on any atom is -0.493 e. The van der Waals surface area contributed by atoms with Crippen LogP contribution in [-0.2, 0) is 0 Å². The number of rotatable bonds is 2. The number of nitrogens with zero attached hydrogens (tertiary/aromatic N) is 2. The standard InChI is InChI=1S/C5H5NO.C5H14NO/c7-5-3-1-2-4-6-5;1-6(2,3)4-5-7/h1-4H,(H,6,7);7H,4-5H2,1-3H3/q;+1. The number of likely N-dealkylation sites (N-methyl/N-ethyl adjacent to an activating group) is 1. The number of aromatic nitrogens is 1. The third-order valence-corrected chi connectivity index (χ3v) is 1.42. The summed E-state index contributed by atoms with van der Waals surface area (Å²) in [4.78, 5) is 3.53. The number of aliphatic hydroxyl groups is 1. The lowest BCUT2D eigenvalue weighted by molar-refractivity contribution is -0.870. The average Bonchev–Trinajstić information content (AvgIpc) is 2.04. The molecule has 80 valence electrons. The van der Waals surface area contributed by atoms with Gasteiger partial charge in [0.15, 0.2) is 0 Å². The topological polar surface area (TPSA) is 53.4 Å². The molecule has 0 spiro atoms. The normalized spacial score (nSPS) is 10.3. The molecule has 0 aliphatic rings. The van der Waals surface area contributed by atoms with E-state index in [1.165, 1.54) is 12.3 Å². The monoisotopic (exact) mass is 199 g/mol. The van der Waals surface area contributed by atoms with E-state index in [0.717, 1.165) is 11.0 Å². The second-order valence-electron chi connectivity index (χ2n) is 3.93. The fourth-order valence-electron chi connectivity index (χ4n) is 0.654. The molecule has 0 fully saturated rings. The summed E-state index contributed by atoms with van der Waals surface area (Å²) in [5.41, 5.74) is 0. The number of aromatic hydroxyl groups is 1. The van der Waals surface area contributed by atoms with Crippen LogP contribution in [0.25, 0.3) is 0 Å². The van der Waals surface area contributed by atoms with Crippen LogP contribution in [-0.4, -0.2) is 54.0 Å². The van der Waals surface area contributed by atoms with Gasteiger partial charge in [0.25, 0.3) is 0 Å². The first-order chi connectivity index (χ1) is 6.45. The van der Waals surface area contributed by atoms with Gasteiger partial charge in [0.1, 0.15) is 6.54 Å². The summed E-state index contributed by atoms with van der Waals surface area (Å²) in [6.07, 6.45) is 1.54. The van der Waals surface area contributed by atoms with E-state index in [1.807, 2.05) is 0 Å². The fourth-order valence-corrected chi connectivity index (χ4v) is 0.654. The summed E-state index contributed by atoms with van der Waals surface area (Å²) < 4.78 is 0.844. The third-order valence-electron chi connectivity index (χ3n) is 1.42. The van der Waals surface area contributed by atoms with E-state index < -0.39 is 0 Å². The second-order valence-corrected chi connectivity index (χ2v) is 3.93. The molecule has 0 radical (unpaired) electrons. The minimum absolute atomic E-state index is 0.0718. The van der Waals surface area contributed by atoms with Crippen LogP contribution in [0.2, 0.25) is 0 Å². The first kappa shape index (κ1) is 12.9. The van der Waals surface area contributed by atoms with Crippen molar-refractivity contribution < 1.29 is 14.7 Å². The van der Waals surface area contributed by atoms with Gasteiger partial charge in [-0.05, 0) is 6.07 Å². The Morgan fingerprint density at radius 1 is 1.29 bits per heavy atom. The van der Waals surface area contributed by atoms with Crippen molar-refractivity contribution in [3.05, 3.63) is 24.4 Å². The van der Waals surface area contributed by atoms with Gasteiger partial charge in [0.05, 0.1) is 27.7 Å². The van der Waals surface area contributed by atoms with Crippen molar-refractivity contribution in [3.8, 4) is 5.88 Å². The Bertz CT molecular complexity index is 232. The van der Waals surface area contributed by atoms with Crippen LogP contribution in [0.3, 0.4) is 0 Å². The molecule has 0 saturated carbocycles. The smallest absolute Gasteiger partial charge is 0.210 e. The van der Waals surface area contributed by atoms with Crippen LogP contribution in [0.1, 0.15) is 0 Å². The summed E-state index contributed by atoms with van der Waals surface area (Å²) in [6, 6.07) is 5.00. The second kappa shape index (κ2) is 6.34. The van der Waals surface area contributed by atoms with Crippen LogP contribution in [0.15, 0.2) is 24.4 Å². The Balaban J connectivity index is 0.000000241. The summed E-state index contributed by atoms with van der Waals surface area (Å²) >= 11 is 0. The quantitative estimate of drug-likeness (QED) is 0.681. The lowest BCUT2D eigenvalue weighted by atomic mass is 10.5. The molecule has 1 rings (SSSR count). The van der Waals surface area contributed by atoms with E-state index in [2.05, 4.69) is 26.1 Å². The maximum atomic E-state index is 8.52. The summed E-state index contributed by atoms with van der Waals surface area (Å²) in [6.45, 7) is 1.11. The van der Waals surface area contributed by atoms with E-state index in [-0.39, 0.29) is 12.5 Å². The molecule has 0 unspecified atom stereocenters. The van der Waals surface area contributed by atoms with Gasteiger partial charge in [0, 0.05) is 12.3 Å². The number of hydrogen-bond donors (Lipinski definition) is 2. The van der Waals surface area contributed by atoms with Crippen LogP contribution in [0.5, 0.6) is 5.88 Å². The molecule has 4 heteroatoms. The molecule has 0 aromatic carbocycles. The molecule has 0 bridgehead atoms. The molecular formula is C10H19N2O2+. The predicted molar refractivity (Wildman–Crippen MR) is 55.9 cm³/mol. The average molecular weight is 199 g/mol. The molecule has 0 aliphatic heterocycles. The van der Waals surface area contributed by atoms with Gasteiger partial charge in [-0.25, -0.2) is 4.98 Å². The zero-order valence-electron chi connectivity index (χ0n) is 9.01. The zero-order valence-corrected chi connectivity index (χ0v) is 9.01. The highest BCUT2D eigenvalue weighted by molar-refractivity contribution is 5.06. The highest BCUT2D eigenvalue weighted by Crippen LogP contribution is 1.96. The molecule has 0 amide bonds. The van der Waals surface area contributed by atoms with Gasteiger partial charge < -0.3 is 14.7 Å². The van der Waals surface area contributed by atoms with Gasteiger partial charge in [-0.1, -0.05) is 6.07 Å². The molecule has 0 saturated heterocycles. The first-order valence-corrected chi connectivity index (χ1v) is 4.47. The molecule has 1 heterocycles. The lowest BCUT2D eigenvalue weighted by Gasteiger charge is -2.21. The highest BCUT2D eigenvalue weighted by Gasteiger charge is 2.02. The Labute approximate surface area is 85.0 Å². The van der Waals surface area contributed by atoms with Crippen molar-refractivity contribution in [2.24, 2.45) is 0 Å². The largest absolute Gasteiger partial charge is 0.493 e. The summed E-state index contributed by atoms with van der Waals surface area (Å²) in [7, 11) is 6.16. The maximum Gasteiger partial charge on any atom is 0.210 e. The van der Waals surface area contributed by atoms with E-state index in [4.69, 9.17) is 10.2 Å². The number of pyridine rings is 1. The number of hydrogen-bond acceptors (Lipinski definition) is 3. The molecule has 0 atom stereocenters.